The minimum absolute atomic E-state index is 0.188. The molecule has 3 aliphatic rings. The Bertz CT molecular complexity index is 1000. The fourth-order valence-electron chi connectivity index (χ4n) is 5.57. The standard InChI is InChI=1S/C27H34N2O4/c1-27(2)11-4-12-28(17-27)26(30)16-29-15-21(20-7-10-24-25(14-20)33-18-32-24)13-23(29)19-5-8-22(31-3)9-6-19/h5-10,14,21,23H,4,11-13,15-18H2,1-3H3/t21-,23+/m0/s1. The van der Waals surface area contributed by atoms with Crippen LogP contribution < -0.4 is 14.2 Å². The highest BCUT2D eigenvalue weighted by Crippen LogP contribution is 2.43. The molecule has 0 spiro atoms. The highest BCUT2D eigenvalue weighted by atomic mass is 16.7. The Labute approximate surface area is 196 Å². The topological polar surface area (TPSA) is 51.2 Å². The van der Waals surface area contributed by atoms with E-state index in [-0.39, 0.29) is 24.2 Å². The van der Waals surface area contributed by atoms with E-state index in [1.165, 1.54) is 17.5 Å². The maximum absolute atomic E-state index is 13.3. The van der Waals surface area contributed by atoms with Gasteiger partial charge in [-0.25, -0.2) is 0 Å². The summed E-state index contributed by atoms with van der Waals surface area (Å²) < 4.78 is 16.5. The second-order valence-corrected chi connectivity index (χ2v) is 10.3. The van der Waals surface area contributed by atoms with Gasteiger partial charge in [0, 0.05) is 25.7 Å². The molecule has 6 heteroatoms. The van der Waals surface area contributed by atoms with Crippen LogP contribution in [0.5, 0.6) is 17.2 Å². The van der Waals surface area contributed by atoms with Crippen LogP contribution in [0, 0.1) is 5.41 Å². The Hall–Kier alpha value is -2.73. The van der Waals surface area contributed by atoms with Gasteiger partial charge in [-0.1, -0.05) is 32.0 Å². The second kappa shape index (κ2) is 8.90. The molecule has 0 N–H and O–H groups in total. The van der Waals surface area contributed by atoms with E-state index in [0.29, 0.717) is 12.5 Å². The zero-order chi connectivity index (χ0) is 23.0. The Morgan fingerprint density at radius 3 is 2.61 bits per heavy atom. The number of amides is 1. The van der Waals surface area contributed by atoms with E-state index >= 15 is 0 Å². The Balaban J connectivity index is 1.37. The molecule has 176 valence electrons. The summed E-state index contributed by atoms with van der Waals surface area (Å²) in [5.74, 6) is 3.05. The molecule has 2 fully saturated rings. The first-order chi connectivity index (χ1) is 15.9. The van der Waals surface area contributed by atoms with Gasteiger partial charge in [0.25, 0.3) is 0 Å². The minimum atomic E-state index is 0.188. The lowest BCUT2D eigenvalue weighted by molar-refractivity contribution is -0.135. The molecule has 0 bridgehead atoms. The smallest absolute Gasteiger partial charge is 0.236 e. The fraction of sp³-hybridized carbons (Fsp3) is 0.519. The van der Waals surface area contributed by atoms with E-state index in [2.05, 4.69) is 47.9 Å². The molecule has 1 amide bonds. The minimum Gasteiger partial charge on any atom is -0.497 e. The van der Waals surface area contributed by atoms with Gasteiger partial charge in [0.05, 0.1) is 13.7 Å². The molecule has 2 saturated heterocycles. The van der Waals surface area contributed by atoms with E-state index < -0.39 is 0 Å². The summed E-state index contributed by atoms with van der Waals surface area (Å²) in [6, 6.07) is 14.7. The number of ether oxygens (including phenoxy) is 3. The number of hydrogen-bond acceptors (Lipinski definition) is 5. The van der Waals surface area contributed by atoms with Crippen molar-refractivity contribution in [3.63, 3.8) is 0 Å². The largest absolute Gasteiger partial charge is 0.497 e. The summed E-state index contributed by atoms with van der Waals surface area (Å²) in [5, 5.41) is 0. The average molecular weight is 451 g/mol. The van der Waals surface area contributed by atoms with Crippen LogP contribution in [-0.4, -0.2) is 55.8 Å². The van der Waals surface area contributed by atoms with Gasteiger partial charge in [-0.15, -0.1) is 0 Å². The van der Waals surface area contributed by atoms with Crippen molar-refractivity contribution in [3.8, 4) is 17.2 Å². The molecule has 0 aromatic heterocycles. The van der Waals surface area contributed by atoms with E-state index in [0.717, 1.165) is 49.7 Å². The number of rotatable bonds is 5. The Morgan fingerprint density at radius 1 is 1.09 bits per heavy atom. The van der Waals surface area contributed by atoms with Crippen molar-refractivity contribution in [3.05, 3.63) is 53.6 Å². The summed E-state index contributed by atoms with van der Waals surface area (Å²) in [5.41, 5.74) is 2.67. The maximum atomic E-state index is 13.3. The van der Waals surface area contributed by atoms with Crippen LogP contribution in [0.25, 0.3) is 0 Å². The fourth-order valence-corrected chi connectivity index (χ4v) is 5.57. The lowest BCUT2D eigenvalue weighted by Crippen LogP contribution is -2.47. The molecule has 3 aliphatic heterocycles. The molecule has 5 rings (SSSR count). The van der Waals surface area contributed by atoms with Crippen molar-refractivity contribution in [1.29, 1.82) is 0 Å². The van der Waals surface area contributed by atoms with Gasteiger partial charge in [0.2, 0.25) is 12.7 Å². The highest BCUT2D eigenvalue weighted by Gasteiger charge is 2.37. The van der Waals surface area contributed by atoms with Gasteiger partial charge in [-0.2, -0.15) is 0 Å². The van der Waals surface area contributed by atoms with E-state index in [9.17, 15) is 4.79 Å². The van der Waals surface area contributed by atoms with Gasteiger partial charge >= 0.3 is 0 Å². The number of piperidine rings is 1. The first-order valence-electron chi connectivity index (χ1n) is 12.0. The SMILES string of the molecule is COc1ccc([C@H]2C[C@H](c3ccc4c(c3)OCO4)CN2CC(=O)N2CCCC(C)(C)C2)cc1. The zero-order valence-electron chi connectivity index (χ0n) is 19.9. The van der Waals surface area contributed by atoms with Crippen LogP contribution in [0.1, 0.15) is 56.2 Å². The number of nitrogens with zero attached hydrogens (tertiary/aromatic N) is 2. The van der Waals surface area contributed by atoms with E-state index in [4.69, 9.17) is 14.2 Å². The quantitative estimate of drug-likeness (QED) is 0.666. The molecule has 6 nitrogen and oxygen atoms in total. The molecule has 0 saturated carbocycles. The van der Waals surface area contributed by atoms with Crippen molar-refractivity contribution in [2.75, 3.05) is 40.1 Å². The highest BCUT2D eigenvalue weighted by molar-refractivity contribution is 5.78. The third kappa shape index (κ3) is 4.67. The molecule has 3 heterocycles. The Kier molecular flexibility index (Phi) is 5.95. The summed E-state index contributed by atoms with van der Waals surface area (Å²) in [7, 11) is 1.69. The number of carbonyl (C=O) groups is 1. The van der Waals surface area contributed by atoms with Crippen LogP contribution in [0.15, 0.2) is 42.5 Å². The molecule has 33 heavy (non-hydrogen) atoms. The first-order valence-corrected chi connectivity index (χ1v) is 12.0. The van der Waals surface area contributed by atoms with E-state index in [1.807, 2.05) is 18.2 Å². The second-order valence-electron chi connectivity index (χ2n) is 10.3. The van der Waals surface area contributed by atoms with Crippen molar-refractivity contribution in [1.82, 2.24) is 9.80 Å². The van der Waals surface area contributed by atoms with Crippen LogP contribution in [-0.2, 0) is 4.79 Å². The number of methoxy groups -OCH3 is 1. The molecular formula is C27H34N2O4. The summed E-state index contributed by atoms with van der Waals surface area (Å²) in [6.07, 6.45) is 3.23. The van der Waals surface area contributed by atoms with Crippen molar-refractivity contribution < 1.29 is 19.0 Å². The molecule has 2 aromatic carbocycles. The average Bonchev–Trinajstić information content (AvgIpc) is 3.45. The van der Waals surface area contributed by atoms with Crippen LogP contribution in [0.4, 0.5) is 0 Å². The molecule has 0 radical (unpaired) electrons. The molecular weight excluding hydrogens is 416 g/mol. The number of carbonyl (C=O) groups excluding carboxylic acids is 1. The predicted octanol–water partition coefficient (Wildman–Crippen LogP) is 4.60. The molecule has 2 atom stereocenters. The number of fused-ring (bicyclic) bond motifs is 1. The van der Waals surface area contributed by atoms with E-state index in [1.54, 1.807) is 7.11 Å². The van der Waals surface area contributed by atoms with Crippen LogP contribution >= 0.6 is 0 Å². The normalized spacial score (nSPS) is 24.2. The third-order valence-electron chi connectivity index (χ3n) is 7.36. The summed E-state index contributed by atoms with van der Waals surface area (Å²) in [6.45, 7) is 7.82. The number of hydrogen-bond donors (Lipinski definition) is 0. The van der Waals surface area contributed by atoms with Gasteiger partial charge < -0.3 is 19.1 Å². The third-order valence-corrected chi connectivity index (χ3v) is 7.36. The van der Waals surface area contributed by atoms with Gasteiger partial charge in [0.15, 0.2) is 11.5 Å². The monoisotopic (exact) mass is 450 g/mol. The zero-order valence-corrected chi connectivity index (χ0v) is 19.9. The summed E-state index contributed by atoms with van der Waals surface area (Å²) in [4.78, 5) is 17.8. The van der Waals surface area contributed by atoms with Crippen LogP contribution in [0.2, 0.25) is 0 Å². The lowest BCUT2D eigenvalue weighted by Gasteiger charge is -2.39. The van der Waals surface area contributed by atoms with Gasteiger partial charge in [0.1, 0.15) is 5.75 Å². The molecule has 0 unspecified atom stereocenters. The predicted molar refractivity (Wildman–Crippen MR) is 127 cm³/mol. The molecule has 0 aliphatic carbocycles. The molecule has 2 aromatic rings. The number of benzene rings is 2. The van der Waals surface area contributed by atoms with Crippen LogP contribution in [0.3, 0.4) is 0 Å². The van der Waals surface area contributed by atoms with Gasteiger partial charge in [-0.05, 0) is 66.0 Å². The number of likely N-dealkylation sites (tertiary alicyclic amines) is 2. The Morgan fingerprint density at radius 2 is 1.85 bits per heavy atom. The first kappa shape index (κ1) is 22.1. The maximum Gasteiger partial charge on any atom is 0.236 e. The van der Waals surface area contributed by atoms with Gasteiger partial charge in [-0.3, -0.25) is 9.69 Å². The van der Waals surface area contributed by atoms with Crippen molar-refractivity contribution >= 4 is 5.91 Å². The summed E-state index contributed by atoms with van der Waals surface area (Å²) >= 11 is 0. The lowest BCUT2D eigenvalue weighted by atomic mass is 9.84. The van der Waals surface area contributed by atoms with Crippen molar-refractivity contribution in [2.24, 2.45) is 5.41 Å². The van der Waals surface area contributed by atoms with Crippen molar-refractivity contribution in [2.45, 2.75) is 45.1 Å².